The predicted molar refractivity (Wildman–Crippen MR) is 247 cm³/mol. The quantitative estimate of drug-likeness (QED) is 0.0167. The molecule has 0 aromatic heterocycles. The number of hydrogen-bond donors (Lipinski definition) is 3. The molecule has 3 N–H and O–H groups in total. The lowest BCUT2D eigenvalue weighted by Crippen LogP contribution is -2.28. The van der Waals surface area contributed by atoms with Crippen molar-refractivity contribution in [1.82, 2.24) is 0 Å². The highest BCUT2D eigenvalue weighted by Crippen LogP contribution is 2.49. The average molecular weight is 936 g/mol. The zero-order chi connectivity index (χ0) is 46.1. The third-order valence-electron chi connectivity index (χ3n) is 12.1. The van der Waals surface area contributed by atoms with Gasteiger partial charge in [0.1, 0.15) is 6.54 Å². The molecular formula is C47H57N3O11S3. The molecule has 0 atom stereocenters. The van der Waals surface area contributed by atoms with Crippen molar-refractivity contribution >= 4 is 61.5 Å². The van der Waals surface area contributed by atoms with Crippen LogP contribution < -0.4 is 15.5 Å². The van der Waals surface area contributed by atoms with Gasteiger partial charge in [-0.25, -0.2) is 0 Å². The van der Waals surface area contributed by atoms with Gasteiger partial charge < -0.3 is 20.2 Å². The molecule has 2 heterocycles. The topological polar surface area (TPSA) is 195 Å². The van der Waals surface area contributed by atoms with E-state index < -0.39 is 25.7 Å². The molecule has 64 heavy (non-hydrogen) atoms. The Bertz CT molecular complexity index is 2560. The van der Waals surface area contributed by atoms with Crippen LogP contribution in [-0.2, 0) is 56.4 Å². The van der Waals surface area contributed by atoms with Gasteiger partial charge in [0.15, 0.2) is 5.71 Å². The molecule has 17 heteroatoms. The van der Waals surface area contributed by atoms with Crippen molar-refractivity contribution in [2.75, 3.05) is 41.4 Å². The van der Waals surface area contributed by atoms with Gasteiger partial charge >= 0.3 is 0 Å². The van der Waals surface area contributed by atoms with Gasteiger partial charge in [-0.05, 0) is 111 Å². The second-order valence-corrected chi connectivity index (χ2v) is 20.9. The second kappa shape index (κ2) is 21.1. The maximum atomic E-state index is 12.3. The summed E-state index contributed by atoms with van der Waals surface area (Å²) >= 11 is 0.995. The molecule has 0 saturated heterocycles. The van der Waals surface area contributed by atoms with Crippen LogP contribution in [0.3, 0.4) is 0 Å². The van der Waals surface area contributed by atoms with Crippen LogP contribution >= 0.6 is 12.0 Å². The monoisotopic (exact) mass is 935 g/mol. The third-order valence-corrected chi connectivity index (χ3v) is 14.4. The van der Waals surface area contributed by atoms with E-state index in [1.165, 1.54) is 17.7 Å². The lowest BCUT2D eigenvalue weighted by atomic mass is 9.81. The van der Waals surface area contributed by atoms with Gasteiger partial charge in [-0.3, -0.25) is 18.9 Å². The summed E-state index contributed by atoms with van der Waals surface area (Å²) < 4.78 is 78.7. The maximum Gasteiger partial charge on any atom is 0.294 e. The molecule has 0 fully saturated rings. The summed E-state index contributed by atoms with van der Waals surface area (Å²) in [5, 5.41) is 17.5. The van der Waals surface area contributed by atoms with E-state index in [1.54, 1.807) is 6.07 Å². The number of carbonyl (C=O) groups excluding carboxylic acids is 1. The molecule has 3 aliphatic rings. The molecule has 0 radical (unpaired) electrons. The Balaban J connectivity index is 1.42. The van der Waals surface area contributed by atoms with Crippen molar-refractivity contribution in [2.45, 2.75) is 94.8 Å². The highest BCUT2D eigenvalue weighted by molar-refractivity contribution is 7.94. The molecule has 0 saturated carbocycles. The molecule has 0 spiro atoms. The number of carbonyl (C=O) groups is 1. The molecule has 14 nitrogen and oxygen atoms in total. The molecule has 0 amide bonds. The minimum atomic E-state index is -4.48. The minimum absolute atomic E-state index is 0.213. The zero-order valence-electron chi connectivity index (χ0n) is 36.6. The standard InChI is InChI=1S/C47H57N3O11S3/c1-46(2)39-14-5-6-15-41(39)49(27-7-9-30-62-61-60-52)43(46)24-18-35-12-11-13-36(45(35)48-37-20-16-34(17-21-37)26-29-59-33-51)19-25-44-47(3,4)40-32-38(64(56,57)58)22-23-42(40)50(44)28-8-10-31-63(53,54)55/h5-6,14-25,32-33H,7-13,26-31H2,1-4H3,(H3,52,53,54,55,56,57,58)/b36-19+,44-25+. The number of anilines is 2. The minimum Gasteiger partial charge on any atom is -0.691 e. The summed E-state index contributed by atoms with van der Waals surface area (Å²) in [5.41, 5.74) is 9.87. The Hall–Kier alpha value is -4.59. The fourth-order valence-corrected chi connectivity index (χ4v) is 10.4. The average Bonchev–Trinajstić information content (AvgIpc) is 3.60. The van der Waals surface area contributed by atoms with Crippen LogP contribution in [0.2, 0.25) is 0 Å². The van der Waals surface area contributed by atoms with E-state index in [9.17, 15) is 36.0 Å². The molecule has 6 rings (SSSR count). The summed E-state index contributed by atoms with van der Waals surface area (Å²) in [6.45, 7) is 10.4. The van der Waals surface area contributed by atoms with Crippen LogP contribution in [0, 0.1) is 0 Å². The van der Waals surface area contributed by atoms with Crippen molar-refractivity contribution in [1.29, 1.82) is 0 Å². The molecule has 0 unspecified atom stereocenters. The Labute approximate surface area is 381 Å². The van der Waals surface area contributed by atoms with Crippen molar-refractivity contribution in [2.24, 2.45) is 0 Å². The fourth-order valence-electron chi connectivity index (χ4n) is 8.88. The third kappa shape index (κ3) is 11.8. The van der Waals surface area contributed by atoms with Crippen LogP contribution in [0.5, 0.6) is 0 Å². The number of nitrogens with one attached hydrogen (secondary N) is 1. The Morgan fingerprint density at radius 3 is 2.38 bits per heavy atom. The van der Waals surface area contributed by atoms with Crippen molar-refractivity contribution in [3.8, 4) is 0 Å². The second-order valence-electron chi connectivity index (χ2n) is 17.1. The molecule has 3 aromatic carbocycles. The summed E-state index contributed by atoms with van der Waals surface area (Å²) in [5.74, 6) is 0.243. The first-order valence-electron chi connectivity index (χ1n) is 21.4. The first kappa shape index (κ1) is 48.9. The van der Waals surface area contributed by atoms with E-state index in [0.717, 1.165) is 102 Å². The van der Waals surface area contributed by atoms with E-state index >= 15 is 0 Å². The van der Waals surface area contributed by atoms with Gasteiger partial charge in [-0.15, -0.1) is 0 Å². The van der Waals surface area contributed by atoms with Gasteiger partial charge in [-0.1, -0.05) is 56.3 Å². The summed E-state index contributed by atoms with van der Waals surface area (Å²) in [6.07, 6.45) is 14.0. The van der Waals surface area contributed by atoms with Crippen LogP contribution in [0.4, 0.5) is 17.1 Å². The number of unbranched alkanes of at least 4 members (excludes halogenated alkanes) is 2. The molecule has 1 aliphatic carbocycles. The molecule has 344 valence electrons. The smallest absolute Gasteiger partial charge is 0.294 e. The van der Waals surface area contributed by atoms with E-state index in [4.69, 9.17) is 4.74 Å². The zero-order valence-corrected chi connectivity index (χ0v) is 39.1. The number of benzene rings is 3. The first-order valence-corrected chi connectivity index (χ1v) is 25.3. The van der Waals surface area contributed by atoms with Gasteiger partial charge in [0.25, 0.3) is 26.7 Å². The van der Waals surface area contributed by atoms with Gasteiger partial charge in [-0.2, -0.15) is 25.7 Å². The Morgan fingerprint density at radius 1 is 0.891 bits per heavy atom. The van der Waals surface area contributed by atoms with Crippen LogP contribution in [0.15, 0.2) is 118 Å². The molecule has 2 aliphatic heterocycles. The highest BCUT2D eigenvalue weighted by Gasteiger charge is 2.44. The normalized spacial score (nSPS) is 18.3. The number of nitrogens with zero attached hydrogens (tertiary/aromatic N) is 2. The number of rotatable bonds is 22. The number of hydrogen-bond acceptors (Lipinski definition) is 12. The van der Waals surface area contributed by atoms with Crippen molar-refractivity contribution in [3.63, 3.8) is 0 Å². The van der Waals surface area contributed by atoms with Crippen LogP contribution in [0.1, 0.15) is 89.3 Å². The number of para-hydroxylation sites is 1. The van der Waals surface area contributed by atoms with E-state index in [0.29, 0.717) is 37.2 Å². The Kier molecular flexibility index (Phi) is 16.1. The van der Waals surface area contributed by atoms with Crippen LogP contribution in [-0.4, -0.2) is 73.9 Å². The summed E-state index contributed by atoms with van der Waals surface area (Å²) in [4.78, 5) is 12.6. The first-order chi connectivity index (χ1) is 30.5. The maximum absolute atomic E-state index is 12.3. The lowest BCUT2D eigenvalue weighted by molar-refractivity contribution is -0.777. The number of allylic oxidation sites excluding steroid dienone is 7. The summed E-state index contributed by atoms with van der Waals surface area (Å²) in [6, 6.07) is 21.0. The van der Waals surface area contributed by atoms with Gasteiger partial charge in [0, 0.05) is 83.1 Å². The van der Waals surface area contributed by atoms with Crippen molar-refractivity contribution < 1.29 is 54.7 Å². The van der Waals surface area contributed by atoms with E-state index in [1.807, 2.05) is 38.1 Å². The van der Waals surface area contributed by atoms with Crippen molar-refractivity contribution in [3.05, 3.63) is 130 Å². The largest absolute Gasteiger partial charge is 0.691 e. The predicted octanol–water partition coefficient (Wildman–Crippen LogP) is 8.06. The molecular weight excluding hydrogens is 879 g/mol. The highest BCUT2D eigenvalue weighted by atomic mass is 32.2. The molecule has 0 bridgehead atoms. The van der Waals surface area contributed by atoms with Gasteiger partial charge in [0.05, 0.1) is 22.7 Å². The SMILES string of the molecule is CC1(C)C(/C=C/C2=C(Nc3ccc(CCOC=O)cc3)C(=C/C=C3/N(CCCCS(=O)(=O)O)c4ccc(S(=O)(=O)O)cc4C3(C)C)/CCC2)=[N+](CCCCSOO[O-])c2ccccc21. The Morgan fingerprint density at radius 2 is 1.66 bits per heavy atom. The fraction of sp³-hybridized carbons (Fsp3) is 0.404. The lowest BCUT2D eigenvalue weighted by Gasteiger charge is -2.28. The van der Waals surface area contributed by atoms with E-state index in [-0.39, 0.29) is 29.1 Å². The van der Waals surface area contributed by atoms with Gasteiger partial charge in [0.2, 0.25) is 5.69 Å². The van der Waals surface area contributed by atoms with Crippen LogP contribution in [0.25, 0.3) is 0 Å². The molecule has 3 aromatic rings. The van der Waals surface area contributed by atoms with E-state index in [2.05, 4.69) is 86.6 Å². The number of fused-ring (bicyclic) bond motifs is 2. The summed E-state index contributed by atoms with van der Waals surface area (Å²) in [7, 11) is -8.63. The number of ether oxygens (including phenoxy) is 1.